The molecule has 2 aromatic rings. The van der Waals surface area contributed by atoms with Crippen LogP contribution in [0.1, 0.15) is 5.56 Å². The molecule has 3 rings (SSSR count). The minimum atomic E-state index is 0.552. The Balaban J connectivity index is 1.79. The molecule has 0 radical (unpaired) electrons. The molecule has 0 bridgehead atoms. The standard InChI is InChI=1S/C14H17N3O3/c1-17-9-11(8-16-17)15-7-10-5-12(18-2)14-13(6-10)19-3-4-20-14/h5-6,8-9,15H,3-4,7H2,1-2H3. The number of rotatable bonds is 4. The highest BCUT2D eigenvalue weighted by atomic mass is 16.6. The fourth-order valence-corrected chi connectivity index (χ4v) is 2.15. The Morgan fingerprint density at radius 1 is 1.35 bits per heavy atom. The normalized spacial score (nSPS) is 13.1. The van der Waals surface area contributed by atoms with Crippen LogP contribution in [0.15, 0.2) is 24.5 Å². The molecule has 1 aliphatic heterocycles. The van der Waals surface area contributed by atoms with Gasteiger partial charge in [0.1, 0.15) is 13.2 Å². The van der Waals surface area contributed by atoms with E-state index in [-0.39, 0.29) is 0 Å². The van der Waals surface area contributed by atoms with Crippen molar-refractivity contribution >= 4 is 5.69 Å². The van der Waals surface area contributed by atoms with E-state index in [9.17, 15) is 0 Å². The fraction of sp³-hybridized carbons (Fsp3) is 0.357. The highest BCUT2D eigenvalue weighted by molar-refractivity contribution is 5.55. The molecule has 20 heavy (non-hydrogen) atoms. The van der Waals surface area contributed by atoms with Gasteiger partial charge in [-0.05, 0) is 17.7 Å². The number of ether oxygens (including phenoxy) is 3. The van der Waals surface area contributed by atoms with E-state index in [0.29, 0.717) is 31.3 Å². The van der Waals surface area contributed by atoms with E-state index in [2.05, 4.69) is 10.4 Å². The van der Waals surface area contributed by atoms with Gasteiger partial charge in [-0.15, -0.1) is 0 Å². The number of aromatic nitrogens is 2. The second-order valence-electron chi connectivity index (χ2n) is 4.58. The van der Waals surface area contributed by atoms with Gasteiger partial charge in [-0.1, -0.05) is 0 Å². The van der Waals surface area contributed by atoms with Crippen molar-refractivity contribution < 1.29 is 14.2 Å². The molecule has 0 saturated carbocycles. The van der Waals surface area contributed by atoms with Gasteiger partial charge in [0.25, 0.3) is 0 Å². The quantitative estimate of drug-likeness (QED) is 0.922. The van der Waals surface area contributed by atoms with Crippen LogP contribution < -0.4 is 19.5 Å². The smallest absolute Gasteiger partial charge is 0.203 e. The number of aryl methyl sites for hydroxylation is 1. The zero-order chi connectivity index (χ0) is 13.9. The van der Waals surface area contributed by atoms with Crippen LogP contribution in [-0.2, 0) is 13.6 Å². The van der Waals surface area contributed by atoms with Gasteiger partial charge >= 0.3 is 0 Å². The summed E-state index contributed by atoms with van der Waals surface area (Å²) < 4.78 is 18.3. The van der Waals surface area contributed by atoms with E-state index < -0.39 is 0 Å². The van der Waals surface area contributed by atoms with Crippen molar-refractivity contribution in [2.24, 2.45) is 7.05 Å². The summed E-state index contributed by atoms with van der Waals surface area (Å²) >= 11 is 0. The Bertz CT molecular complexity index is 592. The first-order valence-electron chi connectivity index (χ1n) is 6.45. The van der Waals surface area contributed by atoms with Gasteiger partial charge in [0.05, 0.1) is 19.0 Å². The van der Waals surface area contributed by atoms with Crippen LogP contribution in [0.25, 0.3) is 0 Å². The highest BCUT2D eigenvalue weighted by Gasteiger charge is 2.18. The maximum atomic E-state index is 5.61. The Kier molecular flexibility index (Phi) is 3.37. The van der Waals surface area contributed by atoms with E-state index >= 15 is 0 Å². The highest BCUT2D eigenvalue weighted by Crippen LogP contribution is 2.40. The SMILES string of the molecule is COc1cc(CNc2cnn(C)c2)cc2c1OCCO2. The number of methoxy groups -OCH3 is 1. The fourth-order valence-electron chi connectivity index (χ4n) is 2.15. The van der Waals surface area contributed by atoms with Gasteiger partial charge in [0, 0.05) is 19.8 Å². The van der Waals surface area contributed by atoms with Crippen LogP contribution in [0.2, 0.25) is 0 Å². The summed E-state index contributed by atoms with van der Waals surface area (Å²) in [6, 6.07) is 3.93. The number of benzene rings is 1. The molecular formula is C14H17N3O3. The first kappa shape index (κ1) is 12.7. The molecule has 1 N–H and O–H groups in total. The molecule has 1 aromatic carbocycles. The van der Waals surface area contributed by atoms with Gasteiger partial charge in [-0.3, -0.25) is 4.68 Å². The van der Waals surface area contributed by atoms with Crippen LogP contribution in [-0.4, -0.2) is 30.1 Å². The summed E-state index contributed by atoms with van der Waals surface area (Å²) in [6.45, 7) is 1.78. The molecule has 0 saturated heterocycles. The number of nitrogens with zero attached hydrogens (tertiary/aromatic N) is 2. The number of nitrogens with one attached hydrogen (secondary N) is 1. The first-order valence-corrected chi connectivity index (χ1v) is 6.45. The van der Waals surface area contributed by atoms with Gasteiger partial charge in [0.2, 0.25) is 5.75 Å². The third kappa shape index (κ3) is 2.49. The van der Waals surface area contributed by atoms with Gasteiger partial charge in [0.15, 0.2) is 11.5 Å². The largest absolute Gasteiger partial charge is 0.493 e. The Morgan fingerprint density at radius 2 is 2.20 bits per heavy atom. The molecular weight excluding hydrogens is 258 g/mol. The lowest BCUT2D eigenvalue weighted by Gasteiger charge is -2.21. The molecule has 0 aliphatic carbocycles. The lowest BCUT2D eigenvalue weighted by atomic mass is 10.1. The minimum absolute atomic E-state index is 0.552. The van der Waals surface area contributed by atoms with Crippen LogP contribution in [0, 0.1) is 0 Å². The van der Waals surface area contributed by atoms with E-state index in [1.807, 2.05) is 25.4 Å². The molecule has 0 fully saturated rings. The molecule has 0 amide bonds. The zero-order valence-corrected chi connectivity index (χ0v) is 11.5. The van der Waals surface area contributed by atoms with Gasteiger partial charge in [-0.25, -0.2) is 0 Å². The molecule has 1 aromatic heterocycles. The summed E-state index contributed by atoms with van der Waals surface area (Å²) in [5.74, 6) is 2.12. The molecule has 0 spiro atoms. The molecule has 1 aliphatic rings. The van der Waals surface area contributed by atoms with Crippen LogP contribution in [0.5, 0.6) is 17.2 Å². The lowest BCUT2D eigenvalue weighted by Crippen LogP contribution is -2.16. The molecule has 0 atom stereocenters. The third-order valence-electron chi connectivity index (χ3n) is 3.09. The summed E-state index contributed by atoms with van der Waals surface area (Å²) in [7, 11) is 3.52. The van der Waals surface area contributed by atoms with E-state index in [0.717, 1.165) is 17.0 Å². The summed E-state index contributed by atoms with van der Waals surface area (Å²) in [6.07, 6.45) is 3.71. The Labute approximate surface area is 117 Å². The van der Waals surface area contributed by atoms with E-state index in [1.165, 1.54) is 0 Å². The third-order valence-corrected chi connectivity index (χ3v) is 3.09. The van der Waals surface area contributed by atoms with Crippen molar-refractivity contribution in [2.75, 3.05) is 25.6 Å². The average Bonchev–Trinajstić information content (AvgIpc) is 2.90. The first-order chi connectivity index (χ1) is 9.76. The summed E-state index contributed by atoms with van der Waals surface area (Å²) in [4.78, 5) is 0. The number of hydrogen-bond donors (Lipinski definition) is 1. The molecule has 0 unspecified atom stereocenters. The van der Waals surface area contributed by atoms with Crippen LogP contribution in [0.4, 0.5) is 5.69 Å². The molecule has 6 nitrogen and oxygen atoms in total. The van der Waals surface area contributed by atoms with Gasteiger partial charge < -0.3 is 19.5 Å². The van der Waals surface area contributed by atoms with Gasteiger partial charge in [-0.2, -0.15) is 5.10 Å². The summed E-state index contributed by atoms with van der Waals surface area (Å²) in [5, 5.41) is 7.42. The number of anilines is 1. The van der Waals surface area contributed by atoms with Crippen molar-refractivity contribution in [3.63, 3.8) is 0 Å². The maximum absolute atomic E-state index is 5.61. The molecule has 106 valence electrons. The van der Waals surface area contributed by atoms with E-state index in [4.69, 9.17) is 14.2 Å². The maximum Gasteiger partial charge on any atom is 0.203 e. The van der Waals surface area contributed by atoms with E-state index in [1.54, 1.807) is 18.0 Å². The van der Waals surface area contributed by atoms with Crippen molar-refractivity contribution in [1.82, 2.24) is 9.78 Å². The predicted octanol–water partition coefficient (Wildman–Crippen LogP) is 1.81. The van der Waals surface area contributed by atoms with Crippen LogP contribution in [0.3, 0.4) is 0 Å². The predicted molar refractivity (Wildman–Crippen MR) is 74.5 cm³/mol. The van der Waals surface area contributed by atoms with Crippen LogP contribution >= 0.6 is 0 Å². The molecule has 2 heterocycles. The van der Waals surface area contributed by atoms with Crippen molar-refractivity contribution in [3.8, 4) is 17.2 Å². The minimum Gasteiger partial charge on any atom is -0.493 e. The lowest BCUT2D eigenvalue weighted by molar-refractivity contribution is 0.165. The Morgan fingerprint density at radius 3 is 2.95 bits per heavy atom. The topological polar surface area (TPSA) is 57.5 Å². The molecule has 6 heteroatoms. The van der Waals surface area contributed by atoms with Crippen molar-refractivity contribution in [2.45, 2.75) is 6.54 Å². The Hall–Kier alpha value is -2.37. The average molecular weight is 275 g/mol. The number of hydrogen-bond acceptors (Lipinski definition) is 5. The second kappa shape index (κ2) is 5.32. The summed E-state index contributed by atoms with van der Waals surface area (Å²) in [5.41, 5.74) is 2.04. The van der Waals surface area contributed by atoms with Crippen molar-refractivity contribution in [3.05, 3.63) is 30.1 Å². The monoisotopic (exact) mass is 275 g/mol. The second-order valence-corrected chi connectivity index (χ2v) is 4.58. The zero-order valence-electron chi connectivity index (χ0n) is 11.5. The number of fused-ring (bicyclic) bond motifs is 1. The van der Waals surface area contributed by atoms with Crippen molar-refractivity contribution in [1.29, 1.82) is 0 Å².